The first kappa shape index (κ1) is 6.94. The van der Waals surface area contributed by atoms with Crippen LogP contribution in [0.1, 0.15) is 6.92 Å². The molecule has 0 spiro atoms. The van der Waals surface area contributed by atoms with Crippen molar-refractivity contribution in [3.05, 3.63) is 0 Å². The molecule has 2 N–H and O–H groups in total. The highest BCUT2D eigenvalue weighted by atomic mass is 16.5. The van der Waals surface area contributed by atoms with Crippen LogP contribution in [0.2, 0.25) is 0 Å². The lowest BCUT2D eigenvalue weighted by molar-refractivity contribution is -0.119. The second-order valence-corrected chi connectivity index (χ2v) is 1.31. The van der Waals surface area contributed by atoms with Crippen molar-refractivity contribution in [3.63, 3.8) is 0 Å². The lowest BCUT2D eigenvalue weighted by atomic mass is 10.5. The van der Waals surface area contributed by atoms with E-state index in [1.165, 1.54) is 6.92 Å². The molecular formula is C4H7NO3. The van der Waals surface area contributed by atoms with Gasteiger partial charge in [0.1, 0.15) is 0 Å². The maximum absolute atomic E-state index is 10.0. The third kappa shape index (κ3) is 4.94. The van der Waals surface area contributed by atoms with Gasteiger partial charge < -0.3 is 10.5 Å². The van der Waals surface area contributed by atoms with E-state index in [0.29, 0.717) is 0 Å². The highest BCUT2D eigenvalue weighted by Crippen LogP contribution is 1.73. The number of rotatable bonds is 2. The molecule has 4 heteroatoms. The van der Waals surface area contributed by atoms with Crippen LogP contribution in [-0.4, -0.2) is 18.5 Å². The van der Waals surface area contributed by atoms with Crippen LogP contribution < -0.4 is 5.73 Å². The molecule has 0 radical (unpaired) electrons. The molecule has 0 aromatic rings. The quantitative estimate of drug-likeness (QED) is 0.538. The normalized spacial score (nSPS) is 8.12. The average Bonchev–Trinajstić information content (AvgIpc) is 1.61. The molecule has 1 amide bonds. The first-order chi connectivity index (χ1) is 3.63. The summed E-state index contributed by atoms with van der Waals surface area (Å²) in [7, 11) is 0. The van der Waals surface area contributed by atoms with Gasteiger partial charge in [0.15, 0.2) is 12.4 Å². The zero-order valence-electron chi connectivity index (χ0n) is 4.51. The van der Waals surface area contributed by atoms with Crippen LogP contribution in [-0.2, 0) is 9.53 Å². The Morgan fingerprint density at radius 1 is 1.62 bits per heavy atom. The second-order valence-electron chi connectivity index (χ2n) is 1.31. The topological polar surface area (TPSA) is 69.4 Å². The highest BCUT2D eigenvalue weighted by molar-refractivity contribution is 5.79. The van der Waals surface area contributed by atoms with Crippen molar-refractivity contribution in [1.29, 1.82) is 0 Å². The summed E-state index contributed by atoms with van der Waals surface area (Å²) >= 11 is 0. The molecule has 4 nitrogen and oxygen atoms in total. The summed E-state index contributed by atoms with van der Waals surface area (Å²) in [5.74, 6) is -0.219. The van der Waals surface area contributed by atoms with Crippen LogP contribution in [0.15, 0.2) is 0 Å². The van der Waals surface area contributed by atoms with Crippen LogP contribution >= 0.6 is 0 Å². The predicted molar refractivity (Wildman–Crippen MR) is 26.2 cm³/mol. The summed E-state index contributed by atoms with van der Waals surface area (Å²) in [6.45, 7) is 1.08. The standard InChI is InChI=1S/C4H7NO3/c1-3(6)2-8-4(5)7/h2H2,1H3,(H2,5,7). The van der Waals surface area contributed by atoms with Gasteiger partial charge in [0.25, 0.3) is 0 Å². The van der Waals surface area contributed by atoms with Gasteiger partial charge in [-0.25, -0.2) is 4.79 Å². The van der Waals surface area contributed by atoms with Crippen molar-refractivity contribution in [3.8, 4) is 0 Å². The van der Waals surface area contributed by atoms with E-state index in [0.717, 1.165) is 0 Å². The van der Waals surface area contributed by atoms with E-state index >= 15 is 0 Å². The van der Waals surface area contributed by atoms with Crippen molar-refractivity contribution in [2.45, 2.75) is 6.92 Å². The Morgan fingerprint density at radius 2 is 2.12 bits per heavy atom. The van der Waals surface area contributed by atoms with Gasteiger partial charge in [0.2, 0.25) is 0 Å². The maximum Gasteiger partial charge on any atom is 0.404 e. The summed E-state index contributed by atoms with van der Waals surface area (Å²) in [6.07, 6.45) is -0.916. The van der Waals surface area contributed by atoms with E-state index in [1.807, 2.05) is 0 Å². The average molecular weight is 117 g/mol. The fourth-order valence-electron chi connectivity index (χ4n) is 0.173. The van der Waals surface area contributed by atoms with Crippen molar-refractivity contribution in [2.24, 2.45) is 5.73 Å². The van der Waals surface area contributed by atoms with E-state index in [2.05, 4.69) is 10.5 Å². The van der Waals surface area contributed by atoms with Gasteiger partial charge in [-0.2, -0.15) is 0 Å². The Kier molecular flexibility index (Phi) is 2.61. The van der Waals surface area contributed by atoms with Crippen LogP contribution in [0, 0.1) is 0 Å². The first-order valence-corrected chi connectivity index (χ1v) is 2.04. The molecule has 0 bridgehead atoms. The minimum atomic E-state index is -0.916. The molecule has 0 aromatic heterocycles. The zero-order chi connectivity index (χ0) is 6.57. The van der Waals surface area contributed by atoms with Crippen molar-refractivity contribution >= 4 is 11.9 Å². The van der Waals surface area contributed by atoms with E-state index in [4.69, 9.17) is 0 Å². The Bertz CT molecular complexity index is 95.9. The van der Waals surface area contributed by atoms with Gasteiger partial charge in [0.05, 0.1) is 0 Å². The third-order valence-electron chi connectivity index (χ3n) is 0.418. The summed E-state index contributed by atoms with van der Waals surface area (Å²) in [4.78, 5) is 19.8. The molecular weight excluding hydrogens is 110 g/mol. The SMILES string of the molecule is CC(=O)COC(N)=O. The lowest BCUT2D eigenvalue weighted by Gasteiger charge is -1.93. The molecule has 46 valence electrons. The number of Topliss-reactive ketones (excluding diaryl/α,β-unsaturated/α-hetero) is 1. The third-order valence-corrected chi connectivity index (χ3v) is 0.418. The van der Waals surface area contributed by atoms with Gasteiger partial charge in [-0.15, -0.1) is 0 Å². The number of ketones is 1. The van der Waals surface area contributed by atoms with Gasteiger partial charge in [-0.1, -0.05) is 0 Å². The Balaban J connectivity index is 3.18. The van der Waals surface area contributed by atoms with E-state index in [9.17, 15) is 9.59 Å². The van der Waals surface area contributed by atoms with Crippen LogP contribution in [0.3, 0.4) is 0 Å². The largest absolute Gasteiger partial charge is 0.442 e. The Labute approximate surface area is 46.6 Å². The Hall–Kier alpha value is -1.06. The number of amides is 1. The molecule has 0 atom stereocenters. The molecule has 0 fully saturated rings. The molecule has 0 heterocycles. The van der Waals surface area contributed by atoms with Gasteiger partial charge in [-0.3, -0.25) is 4.79 Å². The lowest BCUT2D eigenvalue weighted by Crippen LogP contribution is -2.16. The number of hydrogen-bond acceptors (Lipinski definition) is 3. The molecule has 0 rings (SSSR count). The number of ether oxygens (including phenoxy) is 1. The van der Waals surface area contributed by atoms with Crippen LogP contribution in [0.25, 0.3) is 0 Å². The second kappa shape index (κ2) is 3.01. The number of hydrogen-bond donors (Lipinski definition) is 1. The number of carbonyl (C=O) groups excluding carboxylic acids is 2. The van der Waals surface area contributed by atoms with Crippen molar-refractivity contribution in [2.75, 3.05) is 6.61 Å². The first-order valence-electron chi connectivity index (χ1n) is 2.04. The number of primary amides is 1. The molecule has 0 aliphatic rings. The van der Waals surface area contributed by atoms with Crippen LogP contribution in [0.4, 0.5) is 4.79 Å². The van der Waals surface area contributed by atoms with Crippen molar-refractivity contribution in [1.82, 2.24) is 0 Å². The van der Waals surface area contributed by atoms with E-state index < -0.39 is 6.09 Å². The molecule has 0 aliphatic carbocycles. The molecule has 8 heavy (non-hydrogen) atoms. The summed E-state index contributed by atoms with van der Waals surface area (Å²) in [6, 6.07) is 0. The van der Waals surface area contributed by atoms with Gasteiger partial charge in [-0.05, 0) is 6.92 Å². The summed E-state index contributed by atoms with van der Waals surface area (Å²) < 4.78 is 4.09. The number of carbonyl (C=O) groups is 2. The molecule has 0 unspecified atom stereocenters. The van der Waals surface area contributed by atoms with E-state index in [1.54, 1.807) is 0 Å². The molecule has 0 saturated carbocycles. The van der Waals surface area contributed by atoms with Gasteiger partial charge >= 0.3 is 6.09 Å². The molecule has 0 saturated heterocycles. The smallest absolute Gasteiger partial charge is 0.404 e. The van der Waals surface area contributed by atoms with Crippen LogP contribution in [0.5, 0.6) is 0 Å². The zero-order valence-corrected chi connectivity index (χ0v) is 4.51. The van der Waals surface area contributed by atoms with Gasteiger partial charge in [0, 0.05) is 0 Å². The summed E-state index contributed by atoms with van der Waals surface area (Å²) in [5.41, 5.74) is 4.53. The number of nitrogens with two attached hydrogens (primary N) is 1. The highest BCUT2D eigenvalue weighted by Gasteiger charge is 1.94. The fourth-order valence-corrected chi connectivity index (χ4v) is 0.173. The summed E-state index contributed by atoms with van der Waals surface area (Å²) in [5, 5.41) is 0. The predicted octanol–water partition coefficient (Wildman–Crippen LogP) is -0.329. The molecule has 0 aromatic carbocycles. The van der Waals surface area contributed by atoms with E-state index in [-0.39, 0.29) is 12.4 Å². The van der Waals surface area contributed by atoms with Crippen molar-refractivity contribution < 1.29 is 14.3 Å². The minimum absolute atomic E-state index is 0.219. The molecule has 0 aliphatic heterocycles. The maximum atomic E-state index is 10.0. The minimum Gasteiger partial charge on any atom is -0.442 e. The Morgan fingerprint density at radius 3 is 2.25 bits per heavy atom. The monoisotopic (exact) mass is 117 g/mol. The fraction of sp³-hybridized carbons (Fsp3) is 0.500.